The molecule has 1 atom stereocenters. The van der Waals surface area contributed by atoms with E-state index in [0.717, 1.165) is 0 Å². The third kappa shape index (κ3) is 3.17. The van der Waals surface area contributed by atoms with Gasteiger partial charge in [-0.15, -0.1) is 0 Å². The monoisotopic (exact) mass is 306 g/mol. The second kappa shape index (κ2) is 6.06. The van der Waals surface area contributed by atoms with Gasteiger partial charge in [0, 0.05) is 0 Å². The molecular formula is C14H11ClN2O2S. The number of rotatable bonds is 4. The van der Waals surface area contributed by atoms with E-state index in [1.807, 2.05) is 6.07 Å². The van der Waals surface area contributed by atoms with Gasteiger partial charge in [-0.2, -0.15) is 9.98 Å². The maximum Gasteiger partial charge on any atom is 0.243 e. The summed E-state index contributed by atoms with van der Waals surface area (Å²) in [7, 11) is -3.85. The van der Waals surface area contributed by atoms with Gasteiger partial charge in [0.1, 0.15) is 10.9 Å². The van der Waals surface area contributed by atoms with Crippen molar-refractivity contribution in [2.75, 3.05) is 0 Å². The van der Waals surface area contributed by atoms with Crippen molar-refractivity contribution < 1.29 is 8.42 Å². The Bertz CT molecular complexity index is 739. The largest absolute Gasteiger partial charge is 0.243 e. The van der Waals surface area contributed by atoms with E-state index in [2.05, 4.69) is 4.72 Å². The molecule has 4 nitrogen and oxygen atoms in total. The standard InChI is InChI=1S/C14H11ClN2O2S/c15-12-8-4-5-9-14(12)20(18,19)17-13(10-16)11-6-2-1-3-7-11/h1-9,13,17H. The molecule has 0 aliphatic rings. The third-order valence-corrected chi connectivity index (χ3v) is 4.58. The minimum absolute atomic E-state index is 0.0437. The molecule has 102 valence electrons. The van der Waals surface area contributed by atoms with Crippen molar-refractivity contribution >= 4 is 21.6 Å². The Morgan fingerprint density at radius 3 is 2.25 bits per heavy atom. The highest BCUT2D eigenvalue weighted by atomic mass is 35.5. The van der Waals surface area contributed by atoms with Crippen molar-refractivity contribution in [1.82, 2.24) is 4.72 Å². The average Bonchev–Trinajstić information content (AvgIpc) is 2.46. The van der Waals surface area contributed by atoms with Crippen LogP contribution in [0.15, 0.2) is 59.5 Å². The van der Waals surface area contributed by atoms with Crippen LogP contribution in [0, 0.1) is 11.3 Å². The van der Waals surface area contributed by atoms with E-state index in [1.54, 1.807) is 42.5 Å². The van der Waals surface area contributed by atoms with Gasteiger partial charge in [-0.05, 0) is 17.7 Å². The summed E-state index contributed by atoms with van der Waals surface area (Å²) in [5, 5.41) is 9.26. The average molecular weight is 307 g/mol. The quantitative estimate of drug-likeness (QED) is 0.944. The summed E-state index contributed by atoms with van der Waals surface area (Å²) in [5.74, 6) is 0. The van der Waals surface area contributed by atoms with E-state index in [1.165, 1.54) is 12.1 Å². The number of hydrogen-bond donors (Lipinski definition) is 1. The van der Waals surface area contributed by atoms with Gasteiger partial charge in [0.2, 0.25) is 10.0 Å². The summed E-state index contributed by atoms with van der Waals surface area (Å²) in [5.41, 5.74) is 0.575. The molecule has 1 N–H and O–H groups in total. The molecule has 0 saturated heterocycles. The predicted octanol–water partition coefficient (Wildman–Crippen LogP) is 2.88. The molecule has 0 radical (unpaired) electrons. The SMILES string of the molecule is N#CC(NS(=O)(=O)c1ccccc1Cl)c1ccccc1. The molecule has 2 aromatic carbocycles. The van der Waals surface area contributed by atoms with Crippen LogP contribution in [0.3, 0.4) is 0 Å². The molecule has 0 aliphatic heterocycles. The van der Waals surface area contributed by atoms with Crippen LogP contribution < -0.4 is 4.72 Å². The molecular weight excluding hydrogens is 296 g/mol. The Morgan fingerprint density at radius 2 is 1.65 bits per heavy atom. The molecule has 2 aromatic rings. The Balaban J connectivity index is 2.33. The summed E-state index contributed by atoms with van der Waals surface area (Å²) in [6.45, 7) is 0. The van der Waals surface area contributed by atoms with Crippen LogP contribution in [-0.2, 0) is 10.0 Å². The van der Waals surface area contributed by atoms with Crippen molar-refractivity contribution in [3.8, 4) is 6.07 Å². The second-order valence-corrected chi connectivity index (χ2v) is 6.11. The van der Waals surface area contributed by atoms with Crippen LogP contribution in [0.2, 0.25) is 5.02 Å². The lowest BCUT2D eigenvalue weighted by molar-refractivity contribution is 0.575. The van der Waals surface area contributed by atoms with Crippen LogP contribution in [-0.4, -0.2) is 8.42 Å². The number of hydrogen-bond acceptors (Lipinski definition) is 3. The van der Waals surface area contributed by atoms with Gasteiger partial charge in [0.05, 0.1) is 11.1 Å². The van der Waals surface area contributed by atoms with Crippen LogP contribution in [0.5, 0.6) is 0 Å². The number of sulfonamides is 1. The van der Waals surface area contributed by atoms with Gasteiger partial charge in [-0.25, -0.2) is 8.42 Å². The zero-order valence-electron chi connectivity index (χ0n) is 10.3. The second-order valence-electron chi connectivity index (χ2n) is 4.02. The molecule has 2 rings (SSSR count). The van der Waals surface area contributed by atoms with Crippen LogP contribution in [0.1, 0.15) is 11.6 Å². The highest BCUT2D eigenvalue weighted by Crippen LogP contribution is 2.22. The summed E-state index contributed by atoms with van der Waals surface area (Å²) >= 11 is 5.88. The highest BCUT2D eigenvalue weighted by molar-refractivity contribution is 7.89. The molecule has 0 aromatic heterocycles. The van der Waals surface area contributed by atoms with Crippen molar-refractivity contribution in [2.24, 2.45) is 0 Å². The first-order valence-electron chi connectivity index (χ1n) is 5.76. The lowest BCUT2D eigenvalue weighted by Gasteiger charge is -2.13. The van der Waals surface area contributed by atoms with Crippen molar-refractivity contribution in [3.63, 3.8) is 0 Å². The number of benzene rings is 2. The van der Waals surface area contributed by atoms with Crippen molar-refractivity contribution in [2.45, 2.75) is 10.9 Å². The van der Waals surface area contributed by atoms with Gasteiger partial charge in [-0.1, -0.05) is 54.1 Å². The summed E-state index contributed by atoms with van der Waals surface area (Å²) < 4.78 is 26.8. The number of nitrogens with one attached hydrogen (secondary N) is 1. The number of nitriles is 1. The maximum atomic E-state index is 12.2. The molecule has 1 unspecified atom stereocenters. The first-order valence-corrected chi connectivity index (χ1v) is 7.62. The molecule has 0 bridgehead atoms. The Labute approximate surface area is 122 Å². The minimum atomic E-state index is -3.85. The summed E-state index contributed by atoms with van der Waals surface area (Å²) in [6.07, 6.45) is 0. The van der Waals surface area contributed by atoms with Crippen molar-refractivity contribution in [1.29, 1.82) is 5.26 Å². The van der Waals surface area contributed by atoms with E-state index in [0.29, 0.717) is 5.56 Å². The van der Waals surface area contributed by atoms with Gasteiger partial charge in [0.15, 0.2) is 0 Å². The van der Waals surface area contributed by atoms with E-state index < -0.39 is 16.1 Å². The normalized spacial score (nSPS) is 12.6. The molecule has 0 saturated carbocycles. The van der Waals surface area contributed by atoms with Crippen LogP contribution in [0.4, 0.5) is 0 Å². The van der Waals surface area contributed by atoms with E-state index >= 15 is 0 Å². The number of nitrogens with zero attached hydrogens (tertiary/aromatic N) is 1. The fourth-order valence-electron chi connectivity index (χ4n) is 1.70. The van der Waals surface area contributed by atoms with Crippen LogP contribution >= 0.6 is 11.6 Å². The zero-order valence-corrected chi connectivity index (χ0v) is 11.9. The molecule has 0 fully saturated rings. The molecule has 6 heteroatoms. The van der Waals surface area contributed by atoms with E-state index in [-0.39, 0.29) is 9.92 Å². The predicted molar refractivity (Wildman–Crippen MR) is 76.6 cm³/mol. The molecule has 0 spiro atoms. The fraction of sp³-hybridized carbons (Fsp3) is 0.0714. The Morgan fingerprint density at radius 1 is 1.05 bits per heavy atom. The Hall–Kier alpha value is -1.87. The van der Waals surface area contributed by atoms with Crippen LogP contribution in [0.25, 0.3) is 0 Å². The first-order chi connectivity index (χ1) is 9.54. The maximum absolute atomic E-state index is 12.2. The van der Waals surface area contributed by atoms with Crippen molar-refractivity contribution in [3.05, 3.63) is 65.2 Å². The lowest BCUT2D eigenvalue weighted by Crippen LogP contribution is -2.28. The third-order valence-electron chi connectivity index (χ3n) is 2.66. The molecule has 0 amide bonds. The molecule has 20 heavy (non-hydrogen) atoms. The van der Waals surface area contributed by atoms with Gasteiger partial charge in [-0.3, -0.25) is 0 Å². The highest BCUT2D eigenvalue weighted by Gasteiger charge is 2.22. The summed E-state index contributed by atoms with van der Waals surface area (Å²) in [6, 6.07) is 15.7. The van der Waals surface area contributed by atoms with Gasteiger partial charge >= 0.3 is 0 Å². The fourth-order valence-corrected chi connectivity index (χ4v) is 3.34. The smallest absolute Gasteiger partial charge is 0.207 e. The van der Waals surface area contributed by atoms with Gasteiger partial charge < -0.3 is 0 Å². The first kappa shape index (κ1) is 14.5. The summed E-state index contributed by atoms with van der Waals surface area (Å²) in [4.78, 5) is -0.0437. The number of halogens is 1. The van der Waals surface area contributed by atoms with E-state index in [9.17, 15) is 8.42 Å². The molecule has 0 heterocycles. The molecule has 0 aliphatic carbocycles. The topological polar surface area (TPSA) is 70.0 Å². The zero-order chi connectivity index (χ0) is 14.6. The van der Waals surface area contributed by atoms with Gasteiger partial charge in [0.25, 0.3) is 0 Å². The minimum Gasteiger partial charge on any atom is -0.207 e. The Kier molecular flexibility index (Phi) is 4.40. The van der Waals surface area contributed by atoms with E-state index in [4.69, 9.17) is 16.9 Å². The lowest BCUT2D eigenvalue weighted by atomic mass is 10.1.